The molecule has 3 fully saturated rings. The quantitative estimate of drug-likeness (QED) is 0.0712. The van der Waals surface area contributed by atoms with Gasteiger partial charge in [-0.05, 0) is 30.9 Å². The number of methoxy groups -OCH3 is 2. The summed E-state index contributed by atoms with van der Waals surface area (Å²) in [5.74, 6) is -26.4. The summed E-state index contributed by atoms with van der Waals surface area (Å²) in [4.78, 5) is 54.6. The molecular formula is C35H23Cl3F8N4O7. The van der Waals surface area contributed by atoms with Crippen LogP contribution in [0, 0.1) is 46.8 Å². The van der Waals surface area contributed by atoms with E-state index in [1.807, 2.05) is 0 Å². The lowest BCUT2D eigenvalue weighted by atomic mass is 9.56. The van der Waals surface area contributed by atoms with E-state index in [0.29, 0.717) is 16.1 Å². The molecule has 1 aromatic heterocycles. The van der Waals surface area contributed by atoms with Gasteiger partial charge in [0.25, 0.3) is 23.6 Å². The van der Waals surface area contributed by atoms with E-state index >= 15 is 8.78 Å². The van der Waals surface area contributed by atoms with Gasteiger partial charge in [-0.2, -0.15) is 18.2 Å². The Labute approximate surface area is 330 Å². The number of halogens is 11. The van der Waals surface area contributed by atoms with E-state index in [1.165, 1.54) is 19.3 Å². The van der Waals surface area contributed by atoms with Crippen molar-refractivity contribution >= 4 is 69.9 Å². The number of anilines is 2. The van der Waals surface area contributed by atoms with Gasteiger partial charge in [0.1, 0.15) is 28.6 Å². The number of allylic oxidation sites excluding steroid dienone is 2. The fraction of sp³-hybridized carbons (Fsp3) is 0.343. The van der Waals surface area contributed by atoms with Crippen LogP contribution in [0.15, 0.2) is 35.9 Å². The maximum absolute atomic E-state index is 15.4. The van der Waals surface area contributed by atoms with Gasteiger partial charge < -0.3 is 14.6 Å². The minimum atomic E-state index is -4.96. The molecule has 4 aliphatic rings. The number of aromatic hydroxyl groups is 1. The van der Waals surface area contributed by atoms with E-state index in [-0.39, 0.29) is 23.5 Å². The number of phenolic OH excluding ortho intramolecular Hbond substituents is 1. The summed E-state index contributed by atoms with van der Waals surface area (Å²) in [6.07, 6.45) is -4.87. The molecule has 302 valence electrons. The van der Waals surface area contributed by atoms with Gasteiger partial charge in [-0.15, -0.1) is 23.2 Å². The summed E-state index contributed by atoms with van der Waals surface area (Å²) in [5, 5.41) is 12.2. The number of fused-ring (bicyclic) bond motifs is 4. The Morgan fingerprint density at radius 3 is 2.09 bits per heavy atom. The summed E-state index contributed by atoms with van der Waals surface area (Å²) in [5.41, 5.74) is -3.88. The summed E-state index contributed by atoms with van der Waals surface area (Å²) in [6, 6.07) is 3.65. The molecule has 3 aromatic rings. The number of hydrogen-bond donors (Lipinski definition) is 1. The molecule has 2 aliphatic heterocycles. The third-order valence-corrected chi connectivity index (χ3v) is 12.5. The number of hydrogen-bond acceptors (Lipinski definition) is 9. The molecule has 6 atom stereocenters. The van der Waals surface area contributed by atoms with Crippen LogP contribution in [0.25, 0.3) is 0 Å². The van der Waals surface area contributed by atoms with Gasteiger partial charge in [-0.25, -0.2) is 31.8 Å². The lowest BCUT2D eigenvalue weighted by Crippen LogP contribution is -2.60. The highest BCUT2D eigenvalue weighted by Gasteiger charge is 2.77. The van der Waals surface area contributed by atoms with Crippen molar-refractivity contribution in [2.24, 2.45) is 17.8 Å². The van der Waals surface area contributed by atoms with Crippen LogP contribution in [-0.2, 0) is 25.4 Å². The van der Waals surface area contributed by atoms with Crippen molar-refractivity contribution < 1.29 is 68.9 Å². The first-order valence-electron chi connectivity index (χ1n) is 16.4. The molecule has 1 saturated carbocycles. The zero-order valence-corrected chi connectivity index (χ0v) is 31.2. The second-order valence-electron chi connectivity index (χ2n) is 13.5. The van der Waals surface area contributed by atoms with E-state index in [0.717, 1.165) is 26.3 Å². The second kappa shape index (κ2) is 13.3. The molecule has 0 unspecified atom stereocenters. The maximum atomic E-state index is 15.4. The predicted octanol–water partition coefficient (Wildman–Crippen LogP) is 6.79. The molecule has 0 bridgehead atoms. The number of imide groups is 2. The van der Waals surface area contributed by atoms with Crippen molar-refractivity contribution in [1.82, 2.24) is 9.99 Å². The van der Waals surface area contributed by atoms with Crippen LogP contribution in [0.4, 0.5) is 46.6 Å². The Kier molecular flexibility index (Phi) is 9.44. The molecule has 2 saturated heterocycles. The standard InChI is InChI=1S/C35H23Cl3F8N4O7/c1-48(28-15(36)6-7-18(47-28)35(44,45)46)50-29(52)13-5-4-12-14(19(13)30(50)53)10-33(37)31(54)49(27-25(42)23(40)22(39)24(41)26(27)43)32(55)34(33,38)21(12)20-16(51)8-11(56-2)9-17(20)57-3/h4,6-9,13-14,19,21,51H,5,10H2,1-3H3/t13-,14+,19-,21+,33+,34-/m0/s1. The summed E-state index contributed by atoms with van der Waals surface area (Å²) in [6.45, 7) is 0. The number of nitrogens with zero attached hydrogens (tertiary/aromatic N) is 4. The first-order chi connectivity index (χ1) is 26.6. The molecule has 7 rings (SSSR count). The normalized spacial score (nSPS) is 27.0. The Morgan fingerprint density at radius 1 is 0.895 bits per heavy atom. The number of ether oxygens (including phenoxy) is 2. The third-order valence-electron chi connectivity index (χ3n) is 10.8. The molecule has 3 heterocycles. The van der Waals surface area contributed by atoms with Crippen molar-refractivity contribution in [3.05, 3.63) is 81.3 Å². The molecule has 0 spiro atoms. The van der Waals surface area contributed by atoms with Crippen molar-refractivity contribution in [2.45, 2.75) is 34.7 Å². The summed E-state index contributed by atoms with van der Waals surface area (Å²) < 4.78 is 125. The number of carbonyl (C=O) groups is 4. The van der Waals surface area contributed by atoms with Crippen LogP contribution in [0.1, 0.15) is 30.0 Å². The van der Waals surface area contributed by atoms with Gasteiger partial charge in [0, 0.05) is 30.7 Å². The van der Waals surface area contributed by atoms with Gasteiger partial charge in [0.15, 0.2) is 38.8 Å². The fourth-order valence-corrected chi connectivity index (χ4v) is 9.38. The molecule has 2 aliphatic carbocycles. The first-order valence-corrected chi connectivity index (χ1v) is 17.5. The topological polar surface area (TPSA) is 130 Å². The number of carbonyl (C=O) groups excluding carboxylic acids is 4. The fourth-order valence-electron chi connectivity index (χ4n) is 8.24. The SMILES string of the molecule is COc1cc(O)c([C@H]2C3=CC[C@@H]4C(=O)N(N(C)c5nc(C(F)(F)F)ccc5Cl)C(=O)[C@@H]4[C@@H]3C[C@@]3(Cl)C(=O)N(c4c(F)c(F)c(F)c(F)c4F)C(=O)[C@@]23Cl)c(OC)c1. The van der Waals surface area contributed by atoms with Gasteiger partial charge in [-0.1, -0.05) is 23.3 Å². The van der Waals surface area contributed by atoms with Crippen molar-refractivity contribution in [1.29, 1.82) is 0 Å². The number of pyridine rings is 1. The Morgan fingerprint density at radius 2 is 1.51 bits per heavy atom. The van der Waals surface area contributed by atoms with Crippen LogP contribution >= 0.6 is 34.8 Å². The van der Waals surface area contributed by atoms with E-state index in [1.54, 1.807) is 0 Å². The monoisotopic (exact) mass is 868 g/mol. The van der Waals surface area contributed by atoms with E-state index in [9.17, 15) is 50.6 Å². The molecule has 4 amide bonds. The van der Waals surface area contributed by atoms with E-state index in [2.05, 4.69) is 4.98 Å². The largest absolute Gasteiger partial charge is 0.507 e. The zero-order valence-electron chi connectivity index (χ0n) is 29.0. The van der Waals surface area contributed by atoms with Gasteiger partial charge in [0.05, 0.1) is 31.1 Å². The molecule has 0 radical (unpaired) electrons. The van der Waals surface area contributed by atoms with Crippen molar-refractivity contribution in [3.8, 4) is 17.2 Å². The Bertz CT molecular complexity index is 2340. The number of alkyl halides is 5. The summed E-state index contributed by atoms with van der Waals surface area (Å²) in [7, 11) is 3.37. The third kappa shape index (κ3) is 5.40. The Balaban J connectivity index is 1.43. The maximum Gasteiger partial charge on any atom is 0.433 e. The van der Waals surface area contributed by atoms with Crippen LogP contribution in [-0.4, -0.2) is 69.7 Å². The first kappa shape index (κ1) is 40.3. The minimum absolute atomic E-state index is 0.0205. The number of aromatic nitrogens is 1. The predicted molar refractivity (Wildman–Crippen MR) is 182 cm³/mol. The van der Waals surface area contributed by atoms with Crippen molar-refractivity contribution in [2.75, 3.05) is 31.2 Å². The highest BCUT2D eigenvalue weighted by atomic mass is 35.5. The molecular weight excluding hydrogens is 847 g/mol. The average molecular weight is 870 g/mol. The van der Waals surface area contributed by atoms with Crippen molar-refractivity contribution in [3.63, 3.8) is 0 Å². The second-order valence-corrected chi connectivity index (χ2v) is 15.1. The molecule has 22 heteroatoms. The van der Waals surface area contributed by atoms with Gasteiger partial charge in [-0.3, -0.25) is 24.2 Å². The van der Waals surface area contributed by atoms with Crippen LogP contribution < -0.4 is 19.4 Å². The smallest absolute Gasteiger partial charge is 0.433 e. The molecule has 57 heavy (non-hydrogen) atoms. The van der Waals surface area contributed by atoms with E-state index < -0.39 is 137 Å². The number of amides is 4. The molecule has 1 N–H and O–H groups in total. The molecule has 11 nitrogen and oxygen atoms in total. The number of hydrazine groups is 1. The summed E-state index contributed by atoms with van der Waals surface area (Å²) >= 11 is 20.4. The average Bonchev–Trinajstić information content (AvgIpc) is 3.50. The van der Waals surface area contributed by atoms with E-state index in [4.69, 9.17) is 44.3 Å². The number of phenols is 1. The Hall–Kier alpha value is -4.88. The van der Waals surface area contributed by atoms with Gasteiger partial charge in [0.2, 0.25) is 5.82 Å². The number of rotatable bonds is 6. The minimum Gasteiger partial charge on any atom is -0.507 e. The highest BCUT2D eigenvalue weighted by molar-refractivity contribution is 6.58. The number of benzene rings is 2. The van der Waals surface area contributed by atoms with Crippen LogP contribution in [0.2, 0.25) is 5.02 Å². The van der Waals surface area contributed by atoms with Crippen LogP contribution in [0.3, 0.4) is 0 Å². The lowest BCUT2D eigenvalue weighted by molar-refractivity contribution is -0.141. The highest BCUT2D eigenvalue weighted by Crippen LogP contribution is 2.68. The lowest BCUT2D eigenvalue weighted by Gasteiger charge is -2.50. The zero-order chi connectivity index (χ0) is 42.0. The van der Waals surface area contributed by atoms with Gasteiger partial charge >= 0.3 is 6.18 Å². The van der Waals surface area contributed by atoms with Crippen LogP contribution in [0.5, 0.6) is 17.2 Å². The molecule has 2 aromatic carbocycles.